The van der Waals surface area contributed by atoms with Crippen molar-refractivity contribution in [2.24, 2.45) is 0 Å². The fraction of sp³-hybridized carbons (Fsp3) is 0.118. The lowest BCUT2D eigenvalue weighted by Crippen LogP contribution is -2.14. The molecule has 0 aliphatic heterocycles. The van der Waals surface area contributed by atoms with Crippen LogP contribution in [-0.4, -0.2) is 35.3 Å². The van der Waals surface area contributed by atoms with Crippen LogP contribution in [0.15, 0.2) is 60.0 Å². The van der Waals surface area contributed by atoms with Crippen molar-refractivity contribution < 1.29 is 13.2 Å². The second-order valence-electron chi connectivity index (χ2n) is 5.66. The Morgan fingerprint density at radius 3 is 2.73 bits per heavy atom. The normalized spacial score (nSPS) is 11.3. The van der Waals surface area contributed by atoms with Crippen molar-refractivity contribution in [2.75, 3.05) is 11.6 Å². The maximum atomic E-state index is 12.5. The second-order valence-corrected chi connectivity index (χ2v) is 8.08. The van der Waals surface area contributed by atoms with Gasteiger partial charge in [-0.15, -0.1) is 0 Å². The highest BCUT2D eigenvalue weighted by atomic mass is 35.5. The van der Waals surface area contributed by atoms with Gasteiger partial charge in [0.25, 0.3) is 5.91 Å². The monoisotopic (exact) mass is 390 g/mol. The number of hydrogen-bond acceptors (Lipinski definition) is 5. The molecule has 2 aromatic carbocycles. The zero-order valence-corrected chi connectivity index (χ0v) is 15.3. The molecule has 0 bridgehead atoms. The molecule has 0 fully saturated rings. The maximum absolute atomic E-state index is 12.5. The number of anilines is 1. The molecule has 0 aliphatic carbocycles. The minimum absolute atomic E-state index is 0.0342. The topological polar surface area (TPSA) is 94.0 Å². The average molecular weight is 391 g/mol. The van der Waals surface area contributed by atoms with Crippen LogP contribution < -0.4 is 5.32 Å². The number of nitrogens with one attached hydrogen (secondary N) is 1. The van der Waals surface area contributed by atoms with Gasteiger partial charge >= 0.3 is 0 Å². The summed E-state index contributed by atoms with van der Waals surface area (Å²) in [4.78, 5) is 16.4. The van der Waals surface area contributed by atoms with Gasteiger partial charge in [0, 0.05) is 11.9 Å². The van der Waals surface area contributed by atoms with Crippen molar-refractivity contribution in [1.82, 2.24) is 14.8 Å². The minimum Gasteiger partial charge on any atom is -0.322 e. The Bertz CT molecular complexity index is 1050. The van der Waals surface area contributed by atoms with Gasteiger partial charge in [0.15, 0.2) is 9.84 Å². The van der Waals surface area contributed by atoms with E-state index < -0.39 is 15.7 Å². The van der Waals surface area contributed by atoms with Gasteiger partial charge < -0.3 is 5.32 Å². The van der Waals surface area contributed by atoms with Gasteiger partial charge in [-0.2, -0.15) is 5.10 Å². The van der Waals surface area contributed by atoms with Crippen LogP contribution in [0.4, 0.5) is 5.69 Å². The lowest BCUT2D eigenvalue weighted by Gasteiger charge is -2.10. The maximum Gasteiger partial charge on any atom is 0.257 e. The molecular formula is C17H15ClN4O3S. The van der Waals surface area contributed by atoms with E-state index in [1.54, 1.807) is 29.2 Å². The lowest BCUT2D eigenvalue weighted by molar-refractivity contribution is 0.102. The third-order valence-electron chi connectivity index (χ3n) is 3.61. The SMILES string of the molecule is CS(=O)(=O)c1ccc(Cl)c(C(=O)Nc2cccc(Cn3cncn3)c2)c1. The smallest absolute Gasteiger partial charge is 0.257 e. The molecule has 3 rings (SSSR count). The largest absolute Gasteiger partial charge is 0.322 e. The van der Waals surface area contributed by atoms with Crippen LogP contribution in [-0.2, 0) is 16.4 Å². The van der Waals surface area contributed by atoms with E-state index in [1.807, 2.05) is 6.07 Å². The number of carbonyl (C=O) groups excluding carboxylic acids is 1. The second kappa shape index (κ2) is 7.27. The van der Waals surface area contributed by atoms with E-state index in [0.29, 0.717) is 12.2 Å². The molecule has 26 heavy (non-hydrogen) atoms. The average Bonchev–Trinajstić information content (AvgIpc) is 3.07. The molecule has 0 aliphatic rings. The Morgan fingerprint density at radius 1 is 1.23 bits per heavy atom. The molecule has 0 radical (unpaired) electrons. The number of hydrogen-bond donors (Lipinski definition) is 1. The van der Waals surface area contributed by atoms with Crippen LogP contribution in [0, 0.1) is 0 Å². The first-order valence-corrected chi connectivity index (χ1v) is 9.82. The Hall–Kier alpha value is -2.71. The summed E-state index contributed by atoms with van der Waals surface area (Å²) >= 11 is 6.06. The third-order valence-corrected chi connectivity index (χ3v) is 5.05. The number of aromatic nitrogens is 3. The van der Waals surface area contributed by atoms with Gasteiger partial charge in [-0.1, -0.05) is 23.7 Å². The van der Waals surface area contributed by atoms with Crippen LogP contribution in [0.3, 0.4) is 0 Å². The Kier molecular flexibility index (Phi) is 5.06. The van der Waals surface area contributed by atoms with Gasteiger partial charge in [-0.25, -0.2) is 18.1 Å². The van der Waals surface area contributed by atoms with E-state index in [-0.39, 0.29) is 15.5 Å². The molecule has 0 spiro atoms. The van der Waals surface area contributed by atoms with Gasteiger partial charge in [0.2, 0.25) is 0 Å². The minimum atomic E-state index is -3.44. The molecule has 1 N–H and O–H groups in total. The number of rotatable bonds is 5. The Morgan fingerprint density at radius 2 is 2.04 bits per heavy atom. The third kappa shape index (κ3) is 4.27. The summed E-state index contributed by atoms with van der Waals surface area (Å²) in [7, 11) is -3.44. The summed E-state index contributed by atoms with van der Waals surface area (Å²) in [5.41, 5.74) is 1.58. The molecular weight excluding hydrogens is 376 g/mol. The van der Waals surface area contributed by atoms with Gasteiger partial charge in [0.1, 0.15) is 12.7 Å². The number of nitrogens with zero attached hydrogens (tertiary/aromatic N) is 3. The fourth-order valence-electron chi connectivity index (χ4n) is 2.36. The van der Waals surface area contributed by atoms with Crippen LogP contribution in [0.1, 0.15) is 15.9 Å². The quantitative estimate of drug-likeness (QED) is 0.722. The number of carbonyl (C=O) groups is 1. The predicted molar refractivity (Wildman–Crippen MR) is 98.1 cm³/mol. The standard InChI is InChI=1S/C17H15ClN4O3S/c1-26(24,25)14-5-6-16(18)15(8-14)17(23)21-13-4-2-3-12(7-13)9-22-11-19-10-20-22/h2-8,10-11H,9H2,1H3,(H,21,23). The molecule has 134 valence electrons. The number of halogens is 1. The van der Waals surface area contributed by atoms with Crippen molar-refractivity contribution in [3.05, 3.63) is 71.3 Å². The molecule has 0 saturated carbocycles. The molecule has 7 nitrogen and oxygen atoms in total. The zero-order valence-electron chi connectivity index (χ0n) is 13.8. The van der Waals surface area contributed by atoms with Gasteiger partial charge in [-0.3, -0.25) is 4.79 Å². The van der Waals surface area contributed by atoms with E-state index in [0.717, 1.165) is 11.8 Å². The molecule has 0 atom stereocenters. The number of amides is 1. The molecule has 1 heterocycles. The Labute approximate surface area is 155 Å². The predicted octanol–water partition coefficient (Wildman–Crippen LogP) is 2.64. The van der Waals surface area contributed by atoms with Crippen molar-refractivity contribution in [3.63, 3.8) is 0 Å². The highest BCUT2D eigenvalue weighted by Crippen LogP contribution is 2.22. The van der Waals surface area contributed by atoms with Crippen LogP contribution in [0.25, 0.3) is 0 Å². The van der Waals surface area contributed by atoms with E-state index in [2.05, 4.69) is 15.4 Å². The molecule has 0 unspecified atom stereocenters. The van der Waals surface area contributed by atoms with Crippen LogP contribution in [0.5, 0.6) is 0 Å². The zero-order chi connectivity index (χ0) is 18.7. The van der Waals surface area contributed by atoms with E-state index in [9.17, 15) is 13.2 Å². The highest BCUT2D eigenvalue weighted by molar-refractivity contribution is 7.90. The molecule has 3 aromatic rings. The molecule has 9 heteroatoms. The molecule has 1 aromatic heterocycles. The molecule has 1 amide bonds. The van der Waals surface area contributed by atoms with Crippen molar-refractivity contribution in [1.29, 1.82) is 0 Å². The van der Waals surface area contributed by atoms with Gasteiger partial charge in [-0.05, 0) is 35.9 Å². The van der Waals surface area contributed by atoms with Crippen molar-refractivity contribution in [2.45, 2.75) is 11.4 Å². The summed E-state index contributed by atoms with van der Waals surface area (Å²) in [5, 5.41) is 6.95. The first-order chi connectivity index (χ1) is 12.3. The van der Waals surface area contributed by atoms with Crippen LogP contribution >= 0.6 is 11.6 Å². The summed E-state index contributed by atoms with van der Waals surface area (Å²) in [6.07, 6.45) is 4.12. The summed E-state index contributed by atoms with van der Waals surface area (Å²) < 4.78 is 25.0. The molecule has 0 saturated heterocycles. The van der Waals surface area contributed by atoms with E-state index >= 15 is 0 Å². The summed E-state index contributed by atoms with van der Waals surface area (Å²) in [6.45, 7) is 0.508. The first-order valence-electron chi connectivity index (χ1n) is 7.55. The summed E-state index contributed by atoms with van der Waals surface area (Å²) in [5.74, 6) is -0.488. The fourth-order valence-corrected chi connectivity index (χ4v) is 3.21. The van der Waals surface area contributed by atoms with Gasteiger partial charge in [0.05, 0.1) is 22.0 Å². The number of benzene rings is 2. The van der Waals surface area contributed by atoms with Crippen LogP contribution in [0.2, 0.25) is 5.02 Å². The summed E-state index contributed by atoms with van der Waals surface area (Å²) in [6, 6.07) is 11.3. The Balaban J connectivity index is 1.82. The van der Waals surface area contributed by atoms with Crippen molar-refractivity contribution in [3.8, 4) is 0 Å². The van der Waals surface area contributed by atoms with E-state index in [1.165, 1.54) is 24.5 Å². The lowest BCUT2D eigenvalue weighted by atomic mass is 10.1. The van der Waals surface area contributed by atoms with Crippen molar-refractivity contribution >= 4 is 33.0 Å². The first kappa shape index (κ1) is 18.1. The van der Waals surface area contributed by atoms with E-state index in [4.69, 9.17) is 11.6 Å². The highest BCUT2D eigenvalue weighted by Gasteiger charge is 2.16. The number of sulfone groups is 1.